The predicted molar refractivity (Wildman–Crippen MR) is 103 cm³/mol. The van der Waals surface area contributed by atoms with Crippen LogP contribution in [0.25, 0.3) is 10.9 Å². The monoisotopic (exact) mass is 365 g/mol. The van der Waals surface area contributed by atoms with Gasteiger partial charge < -0.3 is 19.9 Å². The molecule has 0 saturated heterocycles. The number of urea groups is 1. The fourth-order valence-corrected chi connectivity index (χ4v) is 2.76. The molecule has 138 valence electrons. The normalized spacial score (nSPS) is 10.4. The van der Waals surface area contributed by atoms with Crippen molar-refractivity contribution in [2.24, 2.45) is 0 Å². The maximum atomic E-state index is 12.5. The Morgan fingerprint density at radius 3 is 2.52 bits per heavy atom. The zero-order valence-electron chi connectivity index (χ0n) is 15.0. The number of fused-ring (bicyclic) bond motifs is 1. The van der Waals surface area contributed by atoms with Gasteiger partial charge in [-0.1, -0.05) is 18.2 Å². The van der Waals surface area contributed by atoms with E-state index in [4.69, 9.17) is 0 Å². The number of H-pyrrole nitrogens is 1. The van der Waals surface area contributed by atoms with Crippen molar-refractivity contribution in [3.63, 3.8) is 0 Å². The minimum atomic E-state index is -0.439. The molecule has 1 heterocycles. The molecular formula is C20H19N3O4. The second kappa shape index (κ2) is 7.74. The molecule has 2 aromatic carbocycles. The number of carbonyl (C=O) groups is 2. The topological polar surface area (TPSA) is 91.5 Å². The molecule has 0 unspecified atom stereocenters. The van der Waals surface area contributed by atoms with Crippen molar-refractivity contribution >= 4 is 28.6 Å². The van der Waals surface area contributed by atoms with Gasteiger partial charge >= 0.3 is 12.0 Å². The first-order chi connectivity index (χ1) is 13.0. The van der Waals surface area contributed by atoms with E-state index in [0.717, 1.165) is 16.5 Å². The van der Waals surface area contributed by atoms with Gasteiger partial charge in [-0.15, -0.1) is 0 Å². The van der Waals surface area contributed by atoms with Gasteiger partial charge in [-0.3, -0.25) is 4.79 Å². The number of hydrogen-bond acceptors (Lipinski definition) is 4. The summed E-state index contributed by atoms with van der Waals surface area (Å²) in [7, 11) is 2.96. The maximum absolute atomic E-state index is 12.5. The van der Waals surface area contributed by atoms with Crippen LogP contribution < -0.4 is 10.9 Å². The van der Waals surface area contributed by atoms with Crippen molar-refractivity contribution < 1.29 is 14.3 Å². The van der Waals surface area contributed by atoms with E-state index < -0.39 is 5.97 Å². The molecule has 7 nitrogen and oxygen atoms in total. The number of hydrogen-bond donors (Lipinski definition) is 2. The summed E-state index contributed by atoms with van der Waals surface area (Å²) < 4.78 is 4.64. The lowest BCUT2D eigenvalue weighted by atomic mass is 10.1. The van der Waals surface area contributed by atoms with E-state index in [9.17, 15) is 14.4 Å². The first-order valence-corrected chi connectivity index (χ1v) is 8.29. The van der Waals surface area contributed by atoms with Crippen molar-refractivity contribution in [1.82, 2.24) is 9.88 Å². The number of pyridine rings is 1. The summed E-state index contributed by atoms with van der Waals surface area (Å²) in [6.07, 6.45) is 0. The Bertz CT molecular complexity index is 1040. The third-order valence-electron chi connectivity index (χ3n) is 4.15. The van der Waals surface area contributed by atoms with Crippen molar-refractivity contribution in [2.75, 3.05) is 19.5 Å². The molecule has 27 heavy (non-hydrogen) atoms. The van der Waals surface area contributed by atoms with Crippen LogP contribution in [0.1, 0.15) is 15.9 Å². The molecule has 0 atom stereocenters. The summed E-state index contributed by atoms with van der Waals surface area (Å²) in [6.45, 7) is 0.274. The largest absolute Gasteiger partial charge is 0.465 e. The van der Waals surface area contributed by atoms with Crippen LogP contribution in [0.15, 0.2) is 59.4 Å². The van der Waals surface area contributed by atoms with Gasteiger partial charge in [-0.2, -0.15) is 0 Å². The third kappa shape index (κ3) is 4.14. The lowest BCUT2D eigenvalue weighted by molar-refractivity contribution is 0.0600. The molecule has 2 amide bonds. The number of ether oxygens (including phenoxy) is 1. The van der Waals surface area contributed by atoms with Crippen molar-refractivity contribution in [3.05, 3.63) is 76.1 Å². The Hall–Kier alpha value is -3.61. The van der Waals surface area contributed by atoms with Crippen LogP contribution in [0.3, 0.4) is 0 Å². The van der Waals surface area contributed by atoms with Gasteiger partial charge in [0.1, 0.15) is 0 Å². The number of nitrogens with zero attached hydrogens (tertiary/aromatic N) is 1. The maximum Gasteiger partial charge on any atom is 0.337 e. The van der Waals surface area contributed by atoms with Crippen molar-refractivity contribution in [2.45, 2.75) is 6.54 Å². The molecule has 3 aromatic rings. The molecule has 0 aliphatic heterocycles. The Morgan fingerprint density at radius 1 is 1.11 bits per heavy atom. The van der Waals surface area contributed by atoms with Crippen LogP contribution in [-0.2, 0) is 11.3 Å². The molecular weight excluding hydrogens is 346 g/mol. The summed E-state index contributed by atoms with van der Waals surface area (Å²) in [4.78, 5) is 40.0. The second-order valence-electron chi connectivity index (χ2n) is 6.06. The quantitative estimate of drug-likeness (QED) is 0.696. The number of rotatable bonds is 4. The molecule has 1 aromatic heterocycles. The number of nitrogens with one attached hydrogen (secondary N) is 2. The van der Waals surface area contributed by atoms with Gasteiger partial charge in [0, 0.05) is 36.2 Å². The summed E-state index contributed by atoms with van der Waals surface area (Å²) in [5, 5.41) is 3.65. The zero-order chi connectivity index (χ0) is 19.4. The van der Waals surface area contributed by atoms with Crippen LogP contribution in [0.5, 0.6) is 0 Å². The molecule has 0 spiro atoms. The molecule has 0 radical (unpaired) electrons. The van der Waals surface area contributed by atoms with Gasteiger partial charge in [0.25, 0.3) is 0 Å². The molecule has 0 fully saturated rings. The van der Waals surface area contributed by atoms with Gasteiger partial charge in [-0.05, 0) is 35.9 Å². The average Bonchev–Trinajstić information content (AvgIpc) is 2.67. The highest BCUT2D eigenvalue weighted by Gasteiger charge is 2.13. The molecule has 0 aliphatic carbocycles. The van der Waals surface area contributed by atoms with E-state index in [1.165, 1.54) is 18.1 Å². The predicted octanol–water partition coefficient (Wildman–Crippen LogP) is 2.98. The Morgan fingerprint density at radius 2 is 1.81 bits per heavy atom. The Kier molecular flexibility index (Phi) is 5.21. The number of anilines is 1. The zero-order valence-corrected chi connectivity index (χ0v) is 15.0. The van der Waals surface area contributed by atoms with Gasteiger partial charge in [-0.25, -0.2) is 9.59 Å². The van der Waals surface area contributed by atoms with E-state index in [1.54, 1.807) is 31.3 Å². The van der Waals surface area contributed by atoms with Gasteiger partial charge in [0.05, 0.1) is 12.7 Å². The number of aromatic amines is 1. The van der Waals surface area contributed by atoms with E-state index in [-0.39, 0.29) is 18.1 Å². The minimum absolute atomic E-state index is 0.212. The van der Waals surface area contributed by atoms with E-state index in [2.05, 4.69) is 15.0 Å². The van der Waals surface area contributed by atoms with Crippen LogP contribution in [-0.4, -0.2) is 36.0 Å². The lowest BCUT2D eigenvalue weighted by Gasteiger charge is -2.19. The van der Waals surface area contributed by atoms with Crippen LogP contribution in [0.2, 0.25) is 0 Å². The summed E-state index contributed by atoms with van der Waals surface area (Å²) in [5.41, 5.74) is 2.23. The number of benzene rings is 2. The highest BCUT2D eigenvalue weighted by molar-refractivity contribution is 5.92. The standard InChI is InChI=1S/C20H19N3O4/c1-23(12-14-11-18(24)22-17-6-4-3-5-16(14)17)20(26)21-15-9-7-13(8-10-15)19(25)27-2/h3-11H,12H2,1-2H3,(H,21,26)(H,22,24). The summed E-state index contributed by atoms with van der Waals surface area (Å²) >= 11 is 0. The number of methoxy groups -OCH3 is 1. The smallest absolute Gasteiger partial charge is 0.337 e. The van der Waals surface area contributed by atoms with Crippen molar-refractivity contribution in [1.29, 1.82) is 0 Å². The lowest BCUT2D eigenvalue weighted by Crippen LogP contribution is -2.31. The third-order valence-corrected chi connectivity index (χ3v) is 4.15. The highest BCUT2D eigenvalue weighted by Crippen LogP contribution is 2.17. The molecule has 7 heteroatoms. The SMILES string of the molecule is COC(=O)c1ccc(NC(=O)N(C)Cc2cc(=O)[nH]c3ccccc23)cc1. The highest BCUT2D eigenvalue weighted by atomic mass is 16.5. The number of aromatic nitrogens is 1. The average molecular weight is 365 g/mol. The Balaban J connectivity index is 1.73. The van der Waals surface area contributed by atoms with Crippen molar-refractivity contribution in [3.8, 4) is 0 Å². The van der Waals surface area contributed by atoms with E-state index in [0.29, 0.717) is 11.3 Å². The van der Waals surface area contributed by atoms with Crippen LogP contribution in [0, 0.1) is 0 Å². The van der Waals surface area contributed by atoms with E-state index >= 15 is 0 Å². The molecule has 2 N–H and O–H groups in total. The Labute approximate surface area is 155 Å². The fourth-order valence-electron chi connectivity index (χ4n) is 2.76. The minimum Gasteiger partial charge on any atom is -0.465 e. The van der Waals surface area contributed by atoms with E-state index in [1.807, 2.05) is 24.3 Å². The first kappa shape index (κ1) is 18.2. The summed E-state index contributed by atoms with van der Waals surface area (Å²) in [6, 6.07) is 15.0. The molecule has 3 rings (SSSR count). The number of esters is 1. The fraction of sp³-hybridized carbons (Fsp3) is 0.150. The van der Waals surface area contributed by atoms with Gasteiger partial charge in [0.15, 0.2) is 0 Å². The van der Waals surface area contributed by atoms with Gasteiger partial charge in [0.2, 0.25) is 5.56 Å². The number of para-hydroxylation sites is 1. The second-order valence-corrected chi connectivity index (χ2v) is 6.06. The first-order valence-electron chi connectivity index (χ1n) is 8.29. The van der Waals surface area contributed by atoms with Crippen LogP contribution in [0.4, 0.5) is 10.5 Å². The molecule has 0 aliphatic rings. The number of carbonyl (C=O) groups excluding carboxylic acids is 2. The van der Waals surface area contributed by atoms with Crippen LogP contribution >= 0.6 is 0 Å². The number of amides is 2. The molecule has 0 saturated carbocycles. The molecule has 0 bridgehead atoms. The summed E-state index contributed by atoms with van der Waals surface area (Å²) in [5.74, 6) is -0.439.